The Bertz CT molecular complexity index is 438. The van der Waals surface area contributed by atoms with Crippen molar-refractivity contribution in [1.82, 2.24) is 0 Å². The molecule has 0 saturated heterocycles. The molecule has 21 heavy (non-hydrogen) atoms. The second kappa shape index (κ2) is 9.99. The lowest BCUT2D eigenvalue weighted by atomic mass is 10.2. The summed E-state index contributed by atoms with van der Waals surface area (Å²) in [6.45, 7) is 6.59. The van der Waals surface area contributed by atoms with E-state index in [1.54, 1.807) is 12.1 Å². The first-order valence-corrected chi connectivity index (χ1v) is 7.41. The Morgan fingerprint density at radius 2 is 2.00 bits per heavy atom. The van der Waals surface area contributed by atoms with Gasteiger partial charge < -0.3 is 14.8 Å². The summed E-state index contributed by atoms with van der Waals surface area (Å²) in [5.74, 6) is 0.304. The van der Waals surface area contributed by atoms with Gasteiger partial charge in [0.05, 0.1) is 18.1 Å². The zero-order valence-corrected chi connectivity index (χ0v) is 12.8. The fourth-order valence-electron chi connectivity index (χ4n) is 1.72. The second-order valence-corrected chi connectivity index (χ2v) is 4.68. The quantitative estimate of drug-likeness (QED) is 0.383. The minimum absolute atomic E-state index is 0.00630. The van der Waals surface area contributed by atoms with E-state index < -0.39 is 4.92 Å². The van der Waals surface area contributed by atoms with E-state index in [0.717, 1.165) is 31.6 Å². The predicted molar refractivity (Wildman–Crippen MR) is 83.1 cm³/mol. The lowest BCUT2D eigenvalue weighted by molar-refractivity contribution is -0.385. The second-order valence-electron chi connectivity index (χ2n) is 4.68. The van der Waals surface area contributed by atoms with Crippen molar-refractivity contribution in [2.45, 2.75) is 33.1 Å². The van der Waals surface area contributed by atoms with Crippen LogP contribution in [-0.4, -0.2) is 31.3 Å². The number of rotatable bonds is 11. The number of nitro groups is 1. The van der Waals surface area contributed by atoms with Gasteiger partial charge in [-0.2, -0.15) is 0 Å². The normalized spacial score (nSPS) is 10.4. The van der Waals surface area contributed by atoms with Gasteiger partial charge in [-0.05, 0) is 18.9 Å². The average Bonchev–Trinajstić information content (AvgIpc) is 2.48. The fourth-order valence-corrected chi connectivity index (χ4v) is 1.72. The number of unbranched alkanes of at least 4 members (excludes halogenated alkanes) is 1. The monoisotopic (exact) mass is 296 g/mol. The molecule has 0 unspecified atom stereocenters. The minimum Gasteiger partial charge on any atom is -0.487 e. The zero-order valence-electron chi connectivity index (χ0n) is 12.8. The number of ether oxygens (including phenoxy) is 2. The molecule has 0 spiro atoms. The molecule has 6 nitrogen and oxygen atoms in total. The first-order valence-electron chi connectivity index (χ1n) is 7.41. The number of nitrogens with one attached hydrogen (secondary N) is 1. The molecule has 0 aliphatic heterocycles. The molecule has 6 heteroatoms. The van der Waals surface area contributed by atoms with E-state index in [9.17, 15) is 10.1 Å². The van der Waals surface area contributed by atoms with Crippen molar-refractivity contribution in [2.75, 3.05) is 31.7 Å². The van der Waals surface area contributed by atoms with Crippen LogP contribution < -0.4 is 10.1 Å². The lowest BCUT2D eigenvalue weighted by Gasteiger charge is -2.10. The largest absolute Gasteiger partial charge is 0.487 e. The van der Waals surface area contributed by atoms with E-state index >= 15 is 0 Å². The first kappa shape index (κ1) is 17.2. The van der Waals surface area contributed by atoms with E-state index in [1.807, 2.05) is 6.92 Å². The van der Waals surface area contributed by atoms with Gasteiger partial charge in [-0.25, -0.2) is 0 Å². The summed E-state index contributed by atoms with van der Waals surface area (Å²) < 4.78 is 10.9. The van der Waals surface area contributed by atoms with Crippen LogP contribution in [0, 0.1) is 10.1 Å². The van der Waals surface area contributed by atoms with E-state index in [-0.39, 0.29) is 5.69 Å². The van der Waals surface area contributed by atoms with Gasteiger partial charge in [0.25, 0.3) is 0 Å². The van der Waals surface area contributed by atoms with Crippen LogP contribution in [0.25, 0.3) is 0 Å². The number of hydrogen-bond acceptors (Lipinski definition) is 5. The summed E-state index contributed by atoms with van der Waals surface area (Å²) in [4.78, 5) is 10.5. The standard InChI is InChI=1S/C15H24N2O4/c1-3-5-10-20-11-8-16-13-6-7-14(17(18)19)15(12-13)21-9-4-2/h6-7,12,16H,3-5,8-11H2,1-2H3. The Kier molecular flexibility index (Phi) is 8.19. The zero-order chi connectivity index (χ0) is 15.5. The molecular weight excluding hydrogens is 272 g/mol. The first-order chi connectivity index (χ1) is 10.2. The molecule has 0 aliphatic rings. The molecule has 118 valence electrons. The van der Waals surface area contributed by atoms with Gasteiger partial charge in [0.15, 0.2) is 5.75 Å². The molecule has 1 aromatic rings. The molecule has 1 N–H and O–H groups in total. The van der Waals surface area contributed by atoms with Gasteiger partial charge in [0, 0.05) is 31.0 Å². The van der Waals surface area contributed by atoms with E-state index in [1.165, 1.54) is 6.07 Å². The molecule has 1 aromatic carbocycles. The molecule has 1 rings (SSSR count). The Hall–Kier alpha value is -1.82. The number of anilines is 1. The molecule has 0 radical (unpaired) electrons. The number of hydrogen-bond donors (Lipinski definition) is 1. The van der Waals surface area contributed by atoms with Gasteiger partial charge in [-0.15, -0.1) is 0 Å². The van der Waals surface area contributed by atoms with Crippen molar-refractivity contribution < 1.29 is 14.4 Å². The van der Waals surface area contributed by atoms with Crippen molar-refractivity contribution in [3.05, 3.63) is 28.3 Å². The highest BCUT2D eigenvalue weighted by Crippen LogP contribution is 2.30. The van der Waals surface area contributed by atoms with E-state index in [0.29, 0.717) is 25.5 Å². The van der Waals surface area contributed by atoms with Crippen LogP contribution in [0.15, 0.2) is 18.2 Å². The van der Waals surface area contributed by atoms with Crippen molar-refractivity contribution in [1.29, 1.82) is 0 Å². The summed E-state index contributed by atoms with van der Waals surface area (Å²) in [6, 6.07) is 4.81. The maximum Gasteiger partial charge on any atom is 0.311 e. The van der Waals surface area contributed by atoms with Gasteiger partial charge in [-0.1, -0.05) is 20.3 Å². The predicted octanol–water partition coefficient (Wildman–Crippen LogP) is 3.61. The van der Waals surface area contributed by atoms with Crippen LogP contribution in [0.5, 0.6) is 5.75 Å². The highest BCUT2D eigenvalue weighted by atomic mass is 16.6. The Labute approximate surface area is 125 Å². The third kappa shape index (κ3) is 6.44. The van der Waals surface area contributed by atoms with Gasteiger partial charge in [-0.3, -0.25) is 10.1 Å². The maximum absolute atomic E-state index is 10.9. The van der Waals surface area contributed by atoms with Crippen LogP contribution in [0.3, 0.4) is 0 Å². The van der Waals surface area contributed by atoms with Crippen molar-refractivity contribution in [3.8, 4) is 5.75 Å². The molecule has 0 atom stereocenters. The molecule has 0 bridgehead atoms. The van der Waals surface area contributed by atoms with Crippen LogP contribution in [0.1, 0.15) is 33.1 Å². The summed E-state index contributed by atoms with van der Waals surface area (Å²) in [7, 11) is 0. The van der Waals surface area contributed by atoms with Gasteiger partial charge in [0.2, 0.25) is 0 Å². The Morgan fingerprint density at radius 3 is 2.67 bits per heavy atom. The maximum atomic E-state index is 10.9. The summed E-state index contributed by atoms with van der Waals surface area (Å²) in [5, 5.41) is 14.1. The smallest absolute Gasteiger partial charge is 0.311 e. The Morgan fingerprint density at radius 1 is 1.19 bits per heavy atom. The summed E-state index contributed by atoms with van der Waals surface area (Å²) in [5.41, 5.74) is 0.791. The molecule has 0 heterocycles. The van der Waals surface area contributed by atoms with Crippen molar-refractivity contribution in [2.24, 2.45) is 0 Å². The molecule has 0 aromatic heterocycles. The van der Waals surface area contributed by atoms with Gasteiger partial charge in [0.1, 0.15) is 0 Å². The molecule has 0 saturated carbocycles. The van der Waals surface area contributed by atoms with Crippen molar-refractivity contribution >= 4 is 11.4 Å². The average molecular weight is 296 g/mol. The van der Waals surface area contributed by atoms with Crippen LogP contribution in [0.2, 0.25) is 0 Å². The van der Waals surface area contributed by atoms with Gasteiger partial charge >= 0.3 is 5.69 Å². The summed E-state index contributed by atoms with van der Waals surface area (Å²) >= 11 is 0. The summed E-state index contributed by atoms with van der Waals surface area (Å²) in [6.07, 6.45) is 2.99. The third-order valence-electron chi connectivity index (χ3n) is 2.84. The van der Waals surface area contributed by atoms with Crippen LogP contribution in [0.4, 0.5) is 11.4 Å². The third-order valence-corrected chi connectivity index (χ3v) is 2.84. The SMILES string of the molecule is CCCCOCCNc1ccc([N+](=O)[O-])c(OCCC)c1. The van der Waals surface area contributed by atoms with Crippen LogP contribution in [-0.2, 0) is 4.74 Å². The molecule has 0 fully saturated rings. The number of nitrogens with zero attached hydrogens (tertiary/aromatic N) is 1. The molecular formula is C15H24N2O4. The minimum atomic E-state index is -0.428. The molecule has 0 amide bonds. The number of benzene rings is 1. The van der Waals surface area contributed by atoms with E-state index in [2.05, 4.69) is 12.2 Å². The lowest BCUT2D eigenvalue weighted by Crippen LogP contribution is -2.10. The van der Waals surface area contributed by atoms with E-state index in [4.69, 9.17) is 9.47 Å². The number of nitro benzene ring substituents is 1. The highest BCUT2D eigenvalue weighted by Gasteiger charge is 2.15. The molecule has 0 aliphatic carbocycles. The fraction of sp³-hybridized carbons (Fsp3) is 0.600. The topological polar surface area (TPSA) is 73.6 Å². The highest BCUT2D eigenvalue weighted by molar-refractivity contribution is 5.57. The Balaban J connectivity index is 2.52. The van der Waals surface area contributed by atoms with Crippen LogP contribution >= 0.6 is 0 Å². The van der Waals surface area contributed by atoms with Crippen molar-refractivity contribution in [3.63, 3.8) is 0 Å².